The molecule has 0 atom stereocenters. The Morgan fingerprint density at radius 1 is 1.50 bits per heavy atom. The van der Waals surface area contributed by atoms with Gasteiger partial charge in [0.05, 0.1) is 11.7 Å². The van der Waals surface area contributed by atoms with E-state index in [1.165, 1.54) is 17.0 Å². The van der Waals surface area contributed by atoms with Gasteiger partial charge in [0.1, 0.15) is 5.82 Å². The van der Waals surface area contributed by atoms with Gasteiger partial charge in [0.25, 0.3) is 0 Å². The average Bonchev–Trinajstić information content (AvgIpc) is 2.43. The molecule has 5 heteroatoms. The van der Waals surface area contributed by atoms with Gasteiger partial charge < -0.3 is 11.1 Å². The van der Waals surface area contributed by atoms with Crippen molar-refractivity contribution in [1.29, 1.82) is 0 Å². The molecule has 0 aliphatic carbocycles. The van der Waals surface area contributed by atoms with Gasteiger partial charge in [-0.25, -0.2) is 4.68 Å². The van der Waals surface area contributed by atoms with E-state index < -0.39 is 0 Å². The summed E-state index contributed by atoms with van der Waals surface area (Å²) in [6, 6.07) is 0.491. The van der Waals surface area contributed by atoms with Crippen molar-refractivity contribution in [3.8, 4) is 0 Å². The van der Waals surface area contributed by atoms with Crippen LogP contribution < -0.4 is 11.1 Å². The van der Waals surface area contributed by atoms with Gasteiger partial charge in [-0.15, -0.1) is 0 Å². The molecule has 3 N–H and O–H groups in total. The number of fused-ring (bicyclic) bond motifs is 1. The van der Waals surface area contributed by atoms with E-state index in [0.29, 0.717) is 6.04 Å². The standard InChI is InChI=1S/C9H14N4S/c10-9-7-1-2-14-5-8(7)12-13(9)6-3-11-4-6/h6,11H,1-5,10H2. The van der Waals surface area contributed by atoms with Gasteiger partial charge >= 0.3 is 0 Å². The second-order valence-corrected chi connectivity index (χ2v) is 4.97. The quantitative estimate of drug-likeness (QED) is 0.704. The molecule has 0 aromatic carbocycles. The van der Waals surface area contributed by atoms with Crippen molar-refractivity contribution in [3.05, 3.63) is 11.3 Å². The number of nitrogens with zero attached hydrogens (tertiary/aromatic N) is 2. The first kappa shape index (κ1) is 8.61. The molecule has 0 bridgehead atoms. The summed E-state index contributed by atoms with van der Waals surface area (Å²) in [5.74, 6) is 3.13. The minimum atomic E-state index is 0.491. The van der Waals surface area contributed by atoms with E-state index in [-0.39, 0.29) is 0 Å². The number of aromatic nitrogens is 2. The predicted molar refractivity (Wildman–Crippen MR) is 58.4 cm³/mol. The molecule has 3 rings (SSSR count). The van der Waals surface area contributed by atoms with Crippen LogP contribution in [0.25, 0.3) is 0 Å². The summed E-state index contributed by atoms with van der Waals surface area (Å²) in [7, 11) is 0. The second-order valence-electron chi connectivity index (χ2n) is 3.87. The molecule has 1 saturated heterocycles. The molecular weight excluding hydrogens is 196 g/mol. The Morgan fingerprint density at radius 2 is 2.36 bits per heavy atom. The van der Waals surface area contributed by atoms with Crippen LogP contribution in [0.2, 0.25) is 0 Å². The van der Waals surface area contributed by atoms with Crippen LogP contribution in [-0.2, 0) is 12.2 Å². The maximum Gasteiger partial charge on any atom is 0.125 e. The van der Waals surface area contributed by atoms with Crippen molar-refractivity contribution in [1.82, 2.24) is 15.1 Å². The zero-order chi connectivity index (χ0) is 9.54. The lowest BCUT2D eigenvalue weighted by Gasteiger charge is -2.28. The summed E-state index contributed by atoms with van der Waals surface area (Å²) in [5, 5.41) is 7.85. The van der Waals surface area contributed by atoms with Gasteiger partial charge in [-0.1, -0.05) is 0 Å². The van der Waals surface area contributed by atoms with Gasteiger partial charge in [0.2, 0.25) is 0 Å². The van der Waals surface area contributed by atoms with E-state index in [1.54, 1.807) is 0 Å². The van der Waals surface area contributed by atoms with Crippen molar-refractivity contribution in [2.45, 2.75) is 18.2 Å². The predicted octanol–water partition coefficient (Wildman–Crippen LogP) is 0.399. The lowest BCUT2D eigenvalue weighted by atomic mass is 10.1. The summed E-state index contributed by atoms with van der Waals surface area (Å²) < 4.78 is 2.02. The van der Waals surface area contributed by atoms with E-state index in [0.717, 1.165) is 31.1 Å². The third-order valence-electron chi connectivity index (χ3n) is 2.97. The van der Waals surface area contributed by atoms with E-state index in [9.17, 15) is 0 Å². The van der Waals surface area contributed by atoms with Crippen LogP contribution >= 0.6 is 11.8 Å². The molecule has 4 nitrogen and oxygen atoms in total. The van der Waals surface area contributed by atoms with E-state index >= 15 is 0 Å². The fraction of sp³-hybridized carbons (Fsp3) is 0.667. The van der Waals surface area contributed by atoms with Crippen LogP contribution in [0.1, 0.15) is 17.3 Å². The molecule has 0 unspecified atom stereocenters. The number of thioether (sulfide) groups is 1. The third-order valence-corrected chi connectivity index (χ3v) is 3.94. The van der Waals surface area contributed by atoms with Gasteiger partial charge in [0.15, 0.2) is 0 Å². The van der Waals surface area contributed by atoms with Crippen LogP contribution in [0.4, 0.5) is 5.82 Å². The Labute approximate surface area is 87.2 Å². The van der Waals surface area contributed by atoms with Gasteiger partial charge in [-0.3, -0.25) is 0 Å². The summed E-state index contributed by atoms with van der Waals surface area (Å²) in [5.41, 5.74) is 8.61. The van der Waals surface area contributed by atoms with Crippen LogP contribution in [0.5, 0.6) is 0 Å². The van der Waals surface area contributed by atoms with Gasteiger partial charge in [0, 0.05) is 24.4 Å². The molecule has 1 aromatic rings. The van der Waals surface area contributed by atoms with Crippen LogP contribution in [-0.4, -0.2) is 28.6 Å². The molecule has 2 aliphatic rings. The normalized spacial score (nSPS) is 21.7. The largest absolute Gasteiger partial charge is 0.384 e. The third kappa shape index (κ3) is 1.15. The number of anilines is 1. The molecule has 76 valence electrons. The van der Waals surface area contributed by atoms with Crippen molar-refractivity contribution in [3.63, 3.8) is 0 Å². The van der Waals surface area contributed by atoms with Crippen LogP contribution in [0.3, 0.4) is 0 Å². The molecule has 3 heterocycles. The van der Waals surface area contributed by atoms with Crippen LogP contribution in [0, 0.1) is 0 Å². The molecule has 1 aromatic heterocycles. The Morgan fingerprint density at radius 3 is 3.00 bits per heavy atom. The first-order chi connectivity index (χ1) is 6.86. The lowest BCUT2D eigenvalue weighted by Crippen LogP contribution is -2.44. The molecule has 0 radical (unpaired) electrons. The number of nitrogens with one attached hydrogen (secondary N) is 1. The summed E-state index contributed by atoms with van der Waals surface area (Å²) in [6.07, 6.45) is 1.09. The Kier molecular flexibility index (Phi) is 1.95. The monoisotopic (exact) mass is 210 g/mol. The Balaban J connectivity index is 2.00. The highest BCUT2D eigenvalue weighted by atomic mass is 32.2. The highest BCUT2D eigenvalue weighted by molar-refractivity contribution is 7.98. The molecule has 0 spiro atoms. The van der Waals surface area contributed by atoms with Crippen molar-refractivity contribution in [2.75, 3.05) is 24.6 Å². The van der Waals surface area contributed by atoms with Crippen molar-refractivity contribution < 1.29 is 0 Å². The van der Waals surface area contributed by atoms with E-state index in [2.05, 4.69) is 10.4 Å². The first-order valence-corrected chi connectivity index (χ1v) is 6.16. The smallest absolute Gasteiger partial charge is 0.125 e. The molecule has 1 fully saturated rings. The maximum atomic E-state index is 6.10. The zero-order valence-corrected chi connectivity index (χ0v) is 8.81. The summed E-state index contributed by atoms with van der Waals surface area (Å²) in [6.45, 7) is 2.02. The minimum Gasteiger partial charge on any atom is -0.384 e. The maximum absolute atomic E-state index is 6.10. The summed E-state index contributed by atoms with van der Waals surface area (Å²) >= 11 is 1.95. The van der Waals surface area contributed by atoms with Gasteiger partial charge in [-0.05, 0) is 12.2 Å². The first-order valence-electron chi connectivity index (χ1n) is 5.00. The molecule has 0 amide bonds. The Hall–Kier alpha value is -0.680. The van der Waals surface area contributed by atoms with E-state index in [4.69, 9.17) is 5.73 Å². The SMILES string of the molecule is Nc1c2c(nn1C1CNC1)CSCC2. The number of nitrogen functional groups attached to an aromatic ring is 1. The number of nitrogens with two attached hydrogens (primary N) is 1. The van der Waals surface area contributed by atoms with E-state index in [1.807, 2.05) is 16.4 Å². The van der Waals surface area contributed by atoms with Crippen molar-refractivity contribution in [2.24, 2.45) is 0 Å². The molecule has 14 heavy (non-hydrogen) atoms. The fourth-order valence-electron chi connectivity index (χ4n) is 1.99. The highest BCUT2D eigenvalue weighted by Gasteiger charge is 2.26. The Bertz CT molecular complexity index is 356. The molecular formula is C9H14N4S. The number of hydrogen-bond acceptors (Lipinski definition) is 4. The molecule has 2 aliphatic heterocycles. The van der Waals surface area contributed by atoms with Gasteiger partial charge in [-0.2, -0.15) is 16.9 Å². The number of hydrogen-bond donors (Lipinski definition) is 2. The number of rotatable bonds is 1. The van der Waals surface area contributed by atoms with Crippen molar-refractivity contribution >= 4 is 17.6 Å². The summed E-state index contributed by atoms with van der Waals surface area (Å²) in [4.78, 5) is 0. The second kappa shape index (κ2) is 3.17. The highest BCUT2D eigenvalue weighted by Crippen LogP contribution is 2.30. The zero-order valence-electron chi connectivity index (χ0n) is 7.99. The lowest BCUT2D eigenvalue weighted by molar-refractivity contribution is 0.321. The molecule has 0 saturated carbocycles. The topological polar surface area (TPSA) is 55.9 Å². The average molecular weight is 210 g/mol. The van der Waals surface area contributed by atoms with Crippen LogP contribution in [0.15, 0.2) is 0 Å². The fourth-order valence-corrected chi connectivity index (χ4v) is 2.90. The minimum absolute atomic E-state index is 0.491.